The van der Waals surface area contributed by atoms with Gasteiger partial charge in [0.15, 0.2) is 5.11 Å². The van der Waals surface area contributed by atoms with E-state index in [9.17, 15) is 4.79 Å². The van der Waals surface area contributed by atoms with Crippen LogP contribution in [-0.4, -0.2) is 11.0 Å². The van der Waals surface area contributed by atoms with Gasteiger partial charge in [0, 0.05) is 21.3 Å². The zero-order valence-electron chi connectivity index (χ0n) is 11.3. The van der Waals surface area contributed by atoms with Crippen molar-refractivity contribution in [1.29, 1.82) is 0 Å². The molecule has 22 heavy (non-hydrogen) atoms. The first kappa shape index (κ1) is 16.7. The van der Waals surface area contributed by atoms with E-state index in [0.29, 0.717) is 5.02 Å². The highest BCUT2D eigenvalue weighted by molar-refractivity contribution is 9.10. The minimum atomic E-state index is -0.325. The van der Waals surface area contributed by atoms with Crippen molar-refractivity contribution in [3.05, 3.63) is 69.7 Å². The number of anilines is 1. The van der Waals surface area contributed by atoms with Gasteiger partial charge in [-0.1, -0.05) is 45.7 Å². The minimum Gasteiger partial charge on any atom is -0.332 e. The van der Waals surface area contributed by atoms with Gasteiger partial charge in [0.2, 0.25) is 5.91 Å². The average Bonchev–Trinajstić information content (AvgIpc) is 2.49. The Morgan fingerprint density at radius 1 is 1.14 bits per heavy atom. The molecule has 0 bridgehead atoms. The Morgan fingerprint density at radius 2 is 1.82 bits per heavy atom. The van der Waals surface area contributed by atoms with Gasteiger partial charge in [0.25, 0.3) is 0 Å². The fourth-order valence-corrected chi connectivity index (χ4v) is 2.31. The van der Waals surface area contributed by atoms with Crippen LogP contribution in [0.15, 0.2) is 59.1 Å². The van der Waals surface area contributed by atoms with Crippen molar-refractivity contribution >= 4 is 62.5 Å². The Kier molecular flexibility index (Phi) is 6.12. The summed E-state index contributed by atoms with van der Waals surface area (Å²) in [6.07, 6.45) is 3.02. The van der Waals surface area contributed by atoms with Crippen LogP contribution < -0.4 is 10.6 Å². The maximum absolute atomic E-state index is 11.8. The Bertz CT molecular complexity index is 716. The Morgan fingerprint density at radius 3 is 2.50 bits per heavy atom. The van der Waals surface area contributed by atoms with Crippen LogP contribution in [0, 0.1) is 0 Å². The molecule has 2 aromatic rings. The fraction of sp³-hybridized carbons (Fsp3) is 0. The van der Waals surface area contributed by atoms with Crippen molar-refractivity contribution in [2.45, 2.75) is 0 Å². The van der Waals surface area contributed by atoms with Crippen LogP contribution in [0.1, 0.15) is 5.56 Å². The summed E-state index contributed by atoms with van der Waals surface area (Å²) in [5, 5.41) is 6.32. The van der Waals surface area contributed by atoms with E-state index in [1.165, 1.54) is 6.08 Å². The molecule has 0 radical (unpaired) electrons. The number of hydrogen-bond acceptors (Lipinski definition) is 2. The van der Waals surface area contributed by atoms with Crippen LogP contribution in [-0.2, 0) is 4.79 Å². The number of carbonyl (C=O) groups excluding carboxylic acids is 1. The summed E-state index contributed by atoms with van der Waals surface area (Å²) in [6, 6.07) is 14.7. The van der Waals surface area contributed by atoms with Crippen molar-refractivity contribution in [2.24, 2.45) is 0 Å². The molecular formula is C16H12BrClN2OS. The third kappa shape index (κ3) is 5.26. The van der Waals surface area contributed by atoms with Gasteiger partial charge in [-0.2, -0.15) is 0 Å². The maximum Gasteiger partial charge on any atom is 0.250 e. The fourth-order valence-electron chi connectivity index (χ4n) is 1.62. The molecule has 1 amide bonds. The SMILES string of the molecule is O=C(/C=C/c1ccccc1Cl)NC(=S)Nc1ccc(Br)cc1. The zero-order chi connectivity index (χ0) is 15.9. The lowest BCUT2D eigenvalue weighted by molar-refractivity contribution is -0.115. The van der Waals surface area contributed by atoms with E-state index in [-0.39, 0.29) is 11.0 Å². The van der Waals surface area contributed by atoms with Gasteiger partial charge in [0.1, 0.15) is 0 Å². The molecule has 3 nitrogen and oxygen atoms in total. The number of benzene rings is 2. The first-order chi connectivity index (χ1) is 10.5. The maximum atomic E-state index is 11.8. The Labute approximate surface area is 147 Å². The van der Waals surface area contributed by atoms with E-state index in [1.54, 1.807) is 12.1 Å². The predicted molar refractivity (Wildman–Crippen MR) is 99.0 cm³/mol. The topological polar surface area (TPSA) is 41.1 Å². The number of nitrogens with one attached hydrogen (secondary N) is 2. The molecular weight excluding hydrogens is 384 g/mol. The molecule has 0 aliphatic carbocycles. The molecule has 0 fully saturated rings. The monoisotopic (exact) mass is 394 g/mol. The van der Waals surface area contributed by atoms with Gasteiger partial charge in [-0.3, -0.25) is 10.1 Å². The molecule has 0 heterocycles. The Balaban J connectivity index is 1.90. The number of halogens is 2. The molecule has 2 aromatic carbocycles. The van der Waals surface area contributed by atoms with E-state index >= 15 is 0 Å². The van der Waals surface area contributed by atoms with Crippen LogP contribution in [0.2, 0.25) is 5.02 Å². The predicted octanol–water partition coefficient (Wildman–Crippen LogP) is 4.63. The van der Waals surface area contributed by atoms with Gasteiger partial charge < -0.3 is 5.32 Å². The molecule has 112 valence electrons. The lowest BCUT2D eigenvalue weighted by atomic mass is 10.2. The molecule has 0 aliphatic rings. The normalized spacial score (nSPS) is 10.5. The standard InChI is InChI=1S/C16H12BrClN2OS/c17-12-6-8-13(9-7-12)19-16(22)20-15(21)10-5-11-3-1-2-4-14(11)18/h1-10H,(H2,19,20,21,22)/b10-5+. The summed E-state index contributed by atoms with van der Waals surface area (Å²) >= 11 is 14.4. The highest BCUT2D eigenvalue weighted by atomic mass is 79.9. The molecule has 0 saturated carbocycles. The highest BCUT2D eigenvalue weighted by Gasteiger charge is 2.02. The van der Waals surface area contributed by atoms with E-state index in [4.69, 9.17) is 23.8 Å². The molecule has 6 heteroatoms. The number of thiocarbonyl (C=S) groups is 1. The third-order valence-electron chi connectivity index (χ3n) is 2.66. The molecule has 2 N–H and O–H groups in total. The second-order valence-electron chi connectivity index (χ2n) is 4.31. The minimum absolute atomic E-state index is 0.233. The first-order valence-corrected chi connectivity index (χ1v) is 7.92. The van der Waals surface area contributed by atoms with E-state index in [1.807, 2.05) is 42.5 Å². The van der Waals surface area contributed by atoms with Crippen LogP contribution in [0.5, 0.6) is 0 Å². The zero-order valence-corrected chi connectivity index (χ0v) is 14.5. The second kappa shape index (κ2) is 8.08. The second-order valence-corrected chi connectivity index (χ2v) is 6.04. The number of hydrogen-bond donors (Lipinski definition) is 2. The number of rotatable bonds is 3. The summed E-state index contributed by atoms with van der Waals surface area (Å²) in [7, 11) is 0. The number of carbonyl (C=O) groups is 1. The van der Waals surface area contributed by atoms with Crippen molar-refractivity contribution < 1.29 is 4.79 Å². The third-order valence-corrected chi connectivity index (χ3v) is 3.74. The molecule has 0 aliphatic heterocycles. The molecule has 2 rings (SSSR count). The first-order valence-electron chi connectivity index (χ1n) is 6.35. The average molecular weight is 396 g/mol. The lowest BCUT2D eigenvalue weighted by Crippen LogP contribution is -2.32. The van der Waals surface area contributed by atoms with E-state index < -0.39 is 0 Å². The van der Waals surface area contributed by atoms with Crippen molar-refractivity contribution in [3.63, 3.8) is 0 Å². The Hall–Kier alpha value is -1.69. The van der Waals surface area contributed by atoms with Crippen LogP contribution in [0.4, 0.5) is 5.69 Å². The number of amides is 1. The van der Waals surface area contributed by atoms with E-state index in [0.717, 1.165) is 15.7 Å². The molecule has 0 aromatic heterocycles. The molecule has 0 atom stereocenters. The molecule has 0 spiro atoms. The summed E-state index contributed by atoms with van der Waals surface area (Å²) in [4.78, 5) is 11.8. The van der Waals surface area contributed by atoms with E-state index in [2.05, 4.69) is 26.6 Å². The summed E-state index contributed by atoms with van der Waals surface area (Å²) in [6.45, 7) is 0. The van der Waals surface area contributed by atoms with Crippen molar-refractivity contribution in [2.75, 3.05) is 5.32 Å². The lowest BCUT2D eigenvalue weighted by Gasteiger charge is -2.08. The van der Waals surface area contributed by atoms with Crippen molar-refractivity contribution in [1.82, 2.24) is 5.32 Å². The summed E-state index contributed by atoms with van der Waals surface area (Å²) < 4.78 is 0.968. The summed E-state index contributed by atoms with van der Waals surface area (Å²) in [5.41, 5.74) is 1.56. The van der Waals surface area contributed by atoms with Gasteiger partial charge in [-0.05, 0) is 54.2 Å². The van der Waals surface area contributed by atoms with Gasteiger partial charge in [-0.25, -0.2) is 0 Å². The van der Waals surface area contributed by atoms with Crippen LogP contribution >= 0.6 is 39.7 Å². The van der Waals surface area contributed by atoms with Crippen molar-refractivity contribution in [3.8, 4) is 0 Å². The quantitative estimate of drug-likeness (QED) is 0.588. The highest BCUT2D eigenvalue weighted by Crippen LogP contribution is 2.16. The summed E-state index contributed by atoms with van der Waals surface area (Å²) in [5.74, 6) is -0.325. The smallest absolute Gasteiger partial charge is 0.250 e. The largest absolute Gasteiger partial charge is 0.332 e. The van der Waals surface area contributed by atoms with Gasteiger partial charge in [0.05, 0.1) is 0 Å². The van der Waals surface area contributed by atoms with Crippen LogP contribution in [0.3, 0.4) is 0 Å². The van der Waals surface area contributed by atoms with Gasteiger partial charge >= 0.3 is 0 Å². The van der Waals surface area contributed by atoms with Gasteiger partial charge in [-0.15, -0.1) is 0 Å². The van der Waals surface area contributed by atoms with Crippen LogP contribution in [0.25, 0.3) is 6.08 Å². The molecule has 0 saturated heterocycles. The molecule has 0 unspecified atom stereocenters.